The SMILES string of the molecule is Cc1noc(C)c1CNCC(CCO)c1ccccc1. The van der Waals surface area contributed by atoms with Crippen LogP contribution in [-0.2, 0) is 6.54 Å². The standard InChI is InChI=1S/C16H22N2O2/c1-12-16(13(2)20-18-12)11-17-10-15(8-9-19)14-6-4-3-5-7-14/h3-7,15,17,19H,8-11H2,1-2H3. The van der Waals surface area contributed by atoms with Crippen molar-refractivity contribution in [1.82, 2.24) is 10.5 Å². The van der Waals surface area contributed by atoms with E-state index in [1.807, 2.05) is 32.0 Å². The van der Waals surface area contributed by atoms with Crippen molar-refractivity contribution in [2.24, 2.45) is 0 Å². The highest BCUT2D eigenvalue weighted by atomic mass is 16.5. The molecule has 0 aliphatic rings. The van der Waals surface area contributed by atoms with Gasteiger partial charge in [0.05, 0.1) is 5.69 Å². The summed E-state index contributed by atoms with van der Waals surface area (Å²) >= 11 is 0. The molecule has 20 heavy (non-hydrogen) atoms. The van der Waals surface area contributed by atoms with Crippen LogP contribution in [0.3, 0.4) is 0 Å². The fourth-order valence-corrected chi connectivity index (χ4v) is 2.39. The molecule has 0 saturated heterocycles. The molecule has 2 aromatic rings. The van der Waals surface area contributed by atoms with Crippen LogP contribution in [0.5, 0.6) is 0 Å². The predicted molar refractivity (Wildman–Crippen MR) is 78.6 cm³/mol. The van der Waals surface area contributed by atoms with Gasteiger partial charge >= 0.3 is 0 Å². The van der Waals surface area contributed by atoms with Crippen molar-refractivity contribution < 1.29 is 9.63 Å². The van der Waals surface area contributed by atoms with Gasteiger partial charge < -0.3 is 14.9 Å². The Kier molecular flexibility index (Phi) is 5.32. The Hall–Kier alpha value is -1.65. The zero-order chi connectivity index (χ0) is 14.4. The number of nitrogens with one attached hydrogen (secondary N) is 1. The Balaban J connectivity index is 1.93. The Morgan fingerprint density at radius 2 is 2.00 bits per heavy atom. The van der Waals surface area contributed by atoms with Gasteiger partial charge in [0.2, 0.25) is 0 Å². The minimum absolute atomic E-state index is 0.201. The lowest BCUT2D eigenvalue weighted by Crippen LogP contribution is -2.22. The number of hydrogen-bond donors (Lipinski definition) is 2. The third-order valence-electron chi connectivity index (χ3n) is 3.62. The van der Waals surface area contributed by atoms with E-state index in [4.69, 9.17) is 4.52 Å². The smallest absolute Gasteiger partial charge is 0.138 e. The van der Waals surface area contributed by atoms with Crippen LogP contribution in [0.25, 0.3) is 0 Å². The summed E-state index contributed by atoms with van der Waals surface area (Å²) in [5, 5.41) is 16.6. The Morgan fingerprint density at radius 1 is 1.25 bits per heavy atom. The third-order valence-corrected chi connectivity index (χ3v) is 3.62. The fraction of sp³-hybridized carbons (Fsp3) is 0.438. The molecule has 1 aromatic heterocycles. The minimum atomic E-state index is 0.201. The van der Waals surface area contributed by atoms with Crippen LogP contribution in [0.2, 0.25) is 0 Å². The van der Waals surface area contributed by atoms with Gasteiger partial charge in [-0.3, -0.25) is 0 Å². The normalized spacial score (nSPS) is 12.6. The first-order chi connectivity index (χ1) is 9.72. The number of aromatic nitrogens is 1. The van der Waals surface area contributed by atoms with Gasteiger partial charge in [0.15, 0.2) is 0 Å². The molecule has 108 valence electrons. The number of aliphatic hydroxyl groups excluding tert-OH is 1. The number of benzene rings is 1. The molecule has 0 amide bonds. The summed E-state index contributed by atoms with van der Waals surface area (Å²) in [5.41, 5.74) is 3.32. The summed E-state index contributed by atoms with van der Waals surface area (Å²) in [6.07, 6.45) is 0.763. The van der Waals surface area contributed by atoms with Gasteiger partial charge in [-0.05, 0) is 31.7 Å². The van der Waals surface area contributed by atoms with E-state index in [1.54, 1.807) is 0 Å². The molecule has 1 heterocycles. The van der Waals surface area contributed by atoms with Crippen molar-refractivity contribution in [3.05, 3.63) is 52.9 Å². The molecule has 4 heteroatoms. The lowest BCUT2D eigenvalue weighted by atomic mass is 9.96. The van der Waals surface area contributed by atoms with E-state index in [-0.39, 0.29) is 6.61 Å². The van der Waals surface area contributed by atoms with Gasteiger partial charge in [-0.2, -0.15) is 0 Å². The van der Waals surface area contributed by atoms with Gasteiger partial charge in [0.1, 0.15) is 5.76 Å². The molecule has 0 aliphatic carbocycles. The van der Waals surface area contributed by atoms with Gasteiger partial charge in [0, 0.05) is 25.3 Å². The maximum absolute atomic E-state index is 9.22. The summed E-state index contributed by atoms with van der Waals surface area (Å²) in [6, 6.07) is 10.3. The van der Waals surface area contributed by atoms with Crippen molar-refractivity contribution in [2.75, 3.05) is 13.2 Å². The van der Waals surface area contributed by atoms with E-state index in [2.05, 4.69) is 22.6 Å². The van der Waals surface area contributed by atoms with E-state index in [0.29, 0.717) is 5.92 Å². The Labute approximate surface area is 119 Å². The predicted octanol–water partition coefficient (Wildman–Crippen LogP) is 2.55. The molecule has 2 rings (SSSR count). The highest BCUT2D eigenvalue weighted by molar-refractivity contribution is 5.22. The zero-order valence-corrected chi connectivity index (χ0v) is 12.1. The van der Waals surface area contributed by atoms with Crippen molar-refractivity contribution in [2.45, 2.75) is 32.7 Å². The van der Waals surface area contributed by atoms with Crippen LogP contribution in [0.1, 0.15) is 34.9 Å². The summed E-state index contributed by atoms with van der Waals surface area (Å²) in [5.74, 6) is 1.19. The highest BCUT2D eigenvalue weighted by Gasteiger charge is 2.12. The molecule has 0 fully saturated rings. The highest BCUT2D eigenvalue weighted by Crippen LogP contribution is 2.19. The largest absolute Gasteiger partial charge is 0.396 e. The Bertz CT molecular complexity index is 503. The molecule has 0 saturated carbocycles. The van der Waals surface area contributed by atoms with Crippen LogP contribution in [0.15, 0.2) is 34.9 Å². The molecular formula is C16H22N2O2. The van der Waals surface area contributed by atoms with E-state index in [0.717, 1.165) is 36.5 Å². The fourth-order valence-electron chi connectivity index (χ4n) is 2.39. The van der Waals surface area contributed by atoms with Gasteiger partial charge in [-0.1, -0.05) is 35.5 Å². The van der Waals surface area contributed by atoms with E-state index >= 15 is 0 Å². The zero-order valence-electron chi connectivity index (χ0n) is 12.1. The molecular weight excluding hydrogens is 252 g/mol. The van der Waals surface area contributed by atoms with Crippen molar-refractivity contribution >= 4 is 0 Å². The van der Waals surface area contributed by atoms with Crippen molar-refractivity contribution in [3.8, 4) is 0 Å². The maximum atomic E-state index is 9.22. The number of rotatable bonds is 7. The lowest BCUT2D eigenvalue weighted by molar-refractivity contribution is 0.273. The molecule has 4 nitrogen and oxygen atoms in total. The quantitative estimate of drug-likeness (QED) is 0.814. The first-order valence-corrected chi connectivity index (χ1v) is 7.00. The first-order valence-electron chi connectivity index (χ1n) is 7.00. The average Bonchev–Trinajstić information content (AvgIpc) is 2.79. The van der Waals surface area contributed by atoms with Crippen molar-refractivity contribution in [3.63, 3.8) is 0 Å². The van der Waals surface area contributed by atoms with Gasteiger partial charge in [-0.15, -0.1) is 0 Å². The molecule has 0 spiro atoms. The summed E-state index contributed by atoms with van der Waals surface area (Å²) in [6.45, 7) is 5.66. The molecule has 1 aromatic carbocycles. The third kappa shape index (κ3) is 3.68. The van der Waals surface area contributed by atoms with Crippen LogP contribution < -0.4 is 5.32 Å². The number of nitrogens with zero attached hydrogens (tertiary/aromatic N) is 1. The Morgan fingerprint density at radius 3 is 2.60 bits per heavy atom. The van der Waals surface area contributed by atoms with Crippen LogP contribution in [0, 0.1) is 13.8 Å². The second kappa shape index (κ2) is 7.22. The topological polar surface area (TPSA) is 58.3 Å². The average molecular weight is 274 g/mol. The van der Waals surface area contributed by atoms with E-state index in [1.165, 1.54) is 5.56 Å². The monoisotopic (exact) mass is 274 g/mol. The van der Waals surface area contributed by atoms with E-state index < -0.39 is 0 Å². The molecule has 0 radical (unpaired) electrons. The first kappa shape index (κ1) is 14.8. The van der Waals surface area contributed by atoms with Crippen LogP contribution >= 0.6 is 0 Å². The maximum Gasteiger partial charge on any atom is 0.138 e. The van der Waals surface area contributed by atoms with Crippen LogP contribution in [0.4, 0.5) is 0 Å². The van der Waals surface area contributed by atoms with Gasteiger partial charge in [0.25, 0.3) is 0 Å². The number of aryl methyl sites for hydroxylation is 2. The summed E-state index contributed by atoms with van der Waals surface area (Å²) in [7, 11) is 0. The summed E-state index contributed by atoms with van der Waals surface area (Å²) < 4.78 is 5.15. The van der Waals surface area contributed by atoms with Gasteiger partial charge in [-0.25, -0.2) is 0 Å². The van der Waals surface area contributed by atoms with E-state index in [9.17, 15) is 5.11 Å². The number of hydrogen-bond acceptors (Lipinski definition) is 4. The molecule has 1 unspecified atom stereocenters. The molecule has 0 bridgehead atoms. The molecule has 0 aliphatic heterocycles. The lowest BCUT2D eigenvalue weighted by Gasteiger charge is -2.17. The minimum Gasteiger partial charge on any atom is -0.396 e. The van der Waals surface area contributed by atoms with Crippen molar-refractivity contribution in [1.29, 1.82) is 0 Å². The second-order valence-electron chi connectivity index (χ2n) is 5.05. The van der Waals surface area contributed by atoms with Crippen LogP contribution in [-0.4, -0.2) is 23.4 Å². The second-order valence-corrected chi connectivity index (χ2v) is 5.05. The summed E-state index contributed by atoms with van der Waals surface area (Å²) in [4.78, 5) is 0. The number of aliphatic hydroxyl groups is 1. The molecule has 1 atom stereocenters. The molecule has 2 N–H and O–H groups in total.